The Kier molecular flexibility index (Phi) is 5.91. The Morgan fingerprint density at radius 1 is 1.33 bits per heavy atom. The van der Waals surface area contributed by atoms with Crippen LogP contribution in [0.25, 0.3) is 0 Å². The molecular formula is C13H29NSi. The third-order valence-corrected chi connectivity index (χ3v) is 6.10. The van der Waals surface area contributed by atoms with Crippen molar-refractivity contribution in [2.45, 2.75) is 58.9 Å². The summed E-state index contributed by atoms with van der Waals surface area (Å²) < 4.78 is 0. The van der Waals surface area contributed by atoms with E-state index in [1.54, 1.807) is 0 Å². The zero-order chi connectivity index (χ0) is 11.3. The van der Waals surface area contributed by atoms with E-state index < -0.39 is 0 Å². The molecule has 15 heavy (non-hydrogen) atoms. The standard InChI is InChI=1S/C13H29NSi/c1-5-8-14-15-13-9-11(4)6-7-12(13)10(2)3/h10-14H,5-9,15H2,1-4H3. The van der Waals surface area contributed by atoms with Crippen LogP contribution in [0.1, 0.15) is 53.4 Å². The number of hydrogen-bond acceptors (Lipinski definition) is 1. The third-order valence-electron chi connectivity index (χ3n) is 3.99. The topological polar surface area (TPSA) is 12.0 Å². The average molecular weight is 227 g/mol. The number of nitrogens with one attached hydrogen (secondary N) is 1. The third kappa shape index (κ3) is 4.27. The Balaban J connectivity index is 2.39. The second kappa shape index (κ2) is 6.69. The van der Waals surface area contributed by atoms with Crippen molar-refractivity contribution in [3.05, 3.63) is 0 Å². The molecule has 0 amide bonds. The van der Waals surface area contributed by atoms with Crippen LogP contribution in [0.2, 0.25) is 5.54 Å². The molecule has 0 aliphatic heterocycles. The Morgan fingerprint density at radius 3 is 2.67 bits per heavy atom. The second-order valence-corrected chi connectivity index (χ2v) is 7.75. The fraction of sp³-hybridized carbons (Fsp3) is 1.00. The zero-order valence-electron chi connectivity index (χ0n) is 11.1. The van der Waals surface area contributed by atoms with Gasteiger partial charge in [-0.2, -0.15) is 0 Å². The lowest BCUT2D eigenvalue weighted by Gasteiger charge is -2.37. The first-order chi connectivity index (χ1) is 7.15. The molecule has 1 saturated carbocycles. The highest BCUT2D eigenvalue weighted by molar-refractivity contribution is 6.34. The molecule has 2 heteroatoms. The van der Waals surface area contributed by atoms with Crippen LogP contribution in [0.4, 0.5) is 0 Å². The molecule has 1 nitrogen and oxygen atoms in total. The van der Waals surface area contributed by atoms with Crippen molar-refractivity contribution in [2.75, 3.05) is 6.54 Å². The lowest BCUT2D eigenvalue weighted by Crippen LogP contribution is -2.34. The van der Waals surface area contributed by atoms with Gasteiger partial charge in [0.1, 0.15) is 0 Å². The molecule has 1 fully saturated rings. The van der Waals surface area contributed by atoms with Crippen LogP contribution < -0.4 is 4.98 Å². The molecule has 1 N–H and O–H groups in total. The highest BCUT2D eigenvalue weighted by atomic mass is 28.2. The summed E-state index contributed by atoms with van der Waals surface area (Å²) in [6.07, 6.45) is 5.76. The Labute approximate surface area is 98.3 Å². The summed E-state index contributed by atoms with van der Waals surface area (Å²) in [5, 5.41) is 0. The molecule has 1 aliphatic rings. The van der Waals surface area contributed by atoms with Crippen molar-refractivity contribution in [2.24, 2.45) is 17.8 Å². The minimum Gasteiger partial charge on any atom is -0.342 e. The van der Waals surface area contributed by atoms with Crippen LogP contribution in [0.5, 0.6) is 0 Å². The lowest BCUT2D eigenvalue weighted by atomic mass is 9.77. The fourth-order valence-corrected chi connectivity index (χ4v) is 5.85. The van der Waals surface area contributed by atoms with Crippen molar-refractivity contribution in [1.82, 2.24) is 4.98 Å². The average Bonchev–Trinajstić information content (AvgIpc) is 2.18. The Hall–Kier alpha value is 0.177. The smallest absolute Gasteiger partial charge is 0.0950 e. The largest absolute Gasteiger partial charge is 0.342 e. The minimum atomic E-state index is -0.0175. The maximum atomic E-state index is 3.75. The second-order valence-electron chi connectivity index (χ2n) is 5.79. The molecular weight excluding hydrogens is 198 g/mol. The highest BCUT2D eigenvalue weighted by Gasteiger charge is 2.30. The first-order valence-electron chi connectivity index (χ1n) is 6.85. The van der Waals surface area contributed by atoms with Gasteiger partial charge in [0.2, 0.25) is 0 Å². The van der Waals surface area contributed by atoms with Gasteiger partial charge < -0.3 is 4.98 Å². The molecule has 0 bridgehead atoms. The van der Waals surface area contributed by atoms with Crippen LogP contribution in [-0.4, -0.2) is 16.2 Å². The Morgan fingerprint density at radius 2 is 2.07 bits per heavy atom. The summed E-state index contributed by atoms with van der Waals surface area (Å²) in [7, 11) is -0.0175. The maximum absolute atomic E-state index is 3.75. The predicted molar refractivity (Wildman–Crippen MR) is 71.9 cm³/mol. The van der Waals surface area contributed by atoms with E-state index in [9.17, 15) is 0 Å². The van der Waals surface area contributed by atoms with Gasteiger partial charge in [-0.25, -0.2) is 0 Å². The highest BCUT2D eigenvalue weighted by Crippen LogP contribution is 2.40. The van der Waals surface area contributed by atoms with E-state index >= 15 is 0 Å². The molecule has 0 aromatic carbocycles. The van der Waals surface area contributed by atoms with Gasteiger partial charge in [-0.05, 0) is 49.1 Å². The molecule has 0 radical (unpaired) electrons. The van der Waals surface area contributed by atoms with E-state index in [2.05, 4.69) is 32.7 Å². The molecule has 0 heterocycles. The molecule has 90 valence electrons. The summed E-state index contributed by atoms with van der Waals surface area (Å²) in [6, 6.07) is 0. The quantitative estimate of drug-likeness (QED) is 0.562. The molecule has 0 aromatic rings. The predicted octanol–water partition coefficient (Wildman–Crippen LogP) is 2.95. The van der Waals surface area contributed by atoms with Crippen molar-refractivity contribution >= 4 is 9.68 Å². The first kappa shape index (κ1) is 13.2. The van der Waals surface area contributed by atoms with Gasteiger partial charge in [0.15, 0.2) is 0 Å². The zero-order valence-corrected chi connectivity index (χ0v) is 12.5. The van der Waals surface area contributed by atoms with Crippen LogP contribution >= 0.6 is 0 Å². The van der Waals surface area contributed by atoms with Crippen molar-refractivity contribution < 1.29 is 0 Å². The van der Waals surface area contributed by atoms with Crippen LogP contribution in [0.15, 0.2) is 0 Å². The normalized spacial score (nSPS) is 33.0. The molecule has 1 rings (SSSR count). The van der Waals surface area contributed by atoms with Gasteiger partial charge in [0.25, 0.3) is 0 Å². The van der Waals surface area contributed by atoms with Gasteiger partial charge in [0.05, 0.1) is 9.68 Å². The molecule has 3 unspecified atom stereocenters. The summed E-state index contributed by atoms with van der Waals surface area (Å²) in [4.78, 5) is 3.75. The van der Waals surface area contributed by atoms with Crippen molar-refractivity contribution in [1.29, 1.82) is 0 Å². The fourth-order valence-electron chi connectivity index (χ4n) is 3.10. The molecule has 3 atom stereocenters. The van der Waals surface area contributed by atoms with Crippen LogP contribution in [0.3, 0.4) is 0 Å². The van der Waals surface area contributed by atoms with Gasteiger partial charge in [-0.3, -0.25) is 0 Å². The van der Waals surface area contributed by atoms with E-state index in [4.69, 9.17) is 0 Å². The summed E-state index contributed by atoms with van der Waals surface area (Å²) >= 11 is 0. The van der Waals surface area contributed by atoms with E-state index in [0.717, 1.165) is 23.3 Å². The SMILES string of the molecule is CCCN[SiH2]C1CC(C)CCC1C(C)C. The summed E-state index contributed by atoms with van der Waals surface area (Å²) in [6.45, 7) is 10.8. The molecule has 0 aromatic heterocycles. The first-order valence-corrected chi connectivity index (χ1v) is 8.38. The van der Waals surface area contributed by atoms with E-state index in [-0.39, 0.29) is 9.68 Å². The minimum absolute atomic E-state index is 0.0175. The summed E-state index contributed by atoms with van der Waals surface area (Å²) in [5.74, 6) is 2.91. The van der Waals surface area contributed by atoms with Crippen LogP contribution in [0, 0.1) is 17.8 Å². The number of hydrogen-bond donors (Lipinski definition) is 1. The Bertz CT molecular complexity index is 170. The molecule has 0 spiro atoms. The number of rotatable bonds is 5. The maximum Gasteiger partial charge on any atom is 0.0950 e. The van der Waals surface area contributed by atoms with Gasteiger partial charge in [-0.15, -0.1) is 0 Å². The van der Waals surface area contributed by atoms with Crippen molar-refractivity contribution in [3.63, 3.8) is 0 Å². The van der Waals surface area contributed by atoms with Crippen molar-refractivity contribution in [3.8, 4) is 0 Å². The van der Waals surface area contributed by atoms with E-state index in [1.807, 2.05) is 0 Å². The van der Waals surface area contributed by atoms with E-state index in [0.29, 0.717) is 0 Å². The monoisotopic (exact) mass is 227 g/mol. The molecule has 1 aliphatic carbocycles. The lowest BCUT2D eigenvalue weighted by molar-refractivity contribution is 0.232. The molecule has 0 saturated heterocycles. The summed E-state index contributed by atoms with van der Waals surface area (Å²) in [5.41, 5.74) is 1.07. The van der Waals surface area contributed by atoms with Gasteiger partial charge in [-0.1, -0.05) is 34.1 Å². The van der Waals surface area contributed by atoms with Crippen LogP contribution in [-0.2, 0) is 0 Å². The van der Waals surface area contributed by atoms with Gasteiger partial charge in [0, 0.05) is 0 Å². The van der Waals surface area contributed by atoms with E-state index in [1.165, 1.54) is 32.2 Å². The van der Waals surface area contributed by atoms with Gasteiger partial charge >= 0.3 is 0 Å².